The second-order valence-corrected chi connectivity index (χ2v) is 10.1. The van der Waals surface area contributed by atoms with E-state index in [0.717, 1.165) is 44.6 Å². The molecular formula is C27H35N7O4. The smallest absolute Gasteiger partial charge is 0.251 e. The van der Waals surface area contributed by atoms with Crippen LogP contribution in [0.1, 0.15) is 35.2 Å². The number of piperazine rings is 1. The molecule has 5 rings (SSSR count). The summed E-state index contributed by atoms with van der Waals surface area (Å²) in [5.74, 6) is 1.02. The molecule has 2 saturated heterocycles. The minimum absolute atomic E-state index is 0.00534. The third kappa shape index (κ3) is 6.04. The Hall–Kier alpha value is -3.73. The van der Waals surface area contributed by atoms with Gasteiger partial charge >= 0.3 is 0 Å². The van der Waals surface area contributed by atoms with Crippen molar-refractivity contribution in [3.05, 3.63) is 47.8 Å². The first-order chi connectivity index (χ1) is 18.5. The van der Waals surface area contributed by atoms with Crippen molar-refractivity contribution in [2.24, 2.45) is 0 Å². The molecule has 2 aromatic rings. The summed E-state index contributed by atoms with van der Waals surface area (Å²) in [4.78, 5) is 54.1. The van der Waals surface area contributed by atoms with Crippen LogP contribution in [0, 0.1) is 6.92 Å². The van der Waals surface area contributed by atoms with Crippen LogP contribution in [-0.4, -0.2) is 102 Å². The average molecular weight is 522 g/mol. The highest BCUT2D eigenvalue weighted by molar-refractivity contribution is 5.94. The van der Waals surface area contributed by atoms with E-state index < -0.39 is 0 Å². The van der Waals surface area contributed by atoms with E-state index >= 15 is 0 Å². The summed E-state index contributed by atoms with van der Waals surface area (Å²) >= 11 is 0. The van der Waals surface area contributed by atoms with E-state index in [9.17, 15) is 14.4 Å². The maximum atomic E-state index is 13.6. The van der Waals surface area contributed by atoms with Gasteiger partial charge in [-0.2, -0.15) is 0 Å². The average Bonchev–Trinajstić information content (AvgIpc) is 3.33. The number of aromatic nitrogens is 2. The predicted octanol–water partition coefficient (Wildman–Crippen LogP) is 0.595. The predicted molar refractivity (Wildman–Crippen MR) is 141 cm³/mol. The summed E-state index contributed by atoms with van der Waals surface area (Å²) in [6.45, 7) is 6.11. The number of amides is 3. The number of hydrogen-bond acceptors (Lipinski definition) is 8. The Morgan fingerprint density at radius 2 is 1.82 bits per heavy atom. The van der Waals surface area contributed by atoms with E-state index in [4.69, 9.17) is 4.74 Å². The SMILES string of the molecule is Cc1ccc2cc1OCCNC(=O)C[C@@H]1CC[C@H](CNC2=O)N1C(=O)CN1CCN(c2ncccn2)CC1. The zero-order valence-corrected chi connectivity index (χ0v) is 21.8. The number of nitrogens with one attached hydrogen (secondary N) is 2. The molecule has 2 fully saturated rings. The fourth-order valence-electron chi connectivity index (χ4n) is 5.45. The highest BCUT2D eigenvalue weighted by Crippen LogP contribution is 2.27. The van der Waals surface area contributed by atoms with Gasteiger partial charge in [0.1, 0.15) is 12.4 Å². The van der Waals surface area contributed by atoms with Crippen molar-refractivity contribution in [3.63, 3.8) is 0 Å². The van der Waals surface area contributed by atoms with E-state index in [0.29, 0.717) is 37.0 Å². The number of carbonyl (C=O) groups is 3. The van der Waals surface area contributed by atoms with Gasteiger partial charge in [0.25, 0.3) is 5.91 Å². The third-order valence-corrected chi connectivity index (χ3v) is 7.53. The molecule has 3 aliphatic rings. The molecule has 2 N–H and O–H groups in total. The van der Waals surface area contributed by atoms with Crippen molar-refractivity contribution < 1.29 is 19.1 Å². The lowest BCUT2D eigenvalue weighted by Gasteiger charge is -2.37. The Balaban J connectivity index is 1.26. The van der Waals surface area contributed by atoms with Crippen LogP contribution in [0.3, 0.4) is 0 Å². The summed E-state index contributed by atoms with van der Waals surface area (Å²) in [7, 11) is 0. The number of rotatable bonds is 3. The Labute approximate surface area is 222 Å². The number of hydrogen-bond donors (Lipinski definition) is 2. The molecule has 38 heavy (non-hydrogen) atoms. The van der Waals surface area contributed by atoms with E-state index in [-0.39, 0.29) is 42.8 Å². The number of nitrogens with zero attached hydrogens (tertiary/aromatic N) is 5. The molecule has 1 aromatic heterocycles. The Kier molecular flexibility index (Phi) is 8.02. The van der Waals surface area contributed by atoms with Gasteiger partial charge in [0, 0.05) is 69.2 Å². The molecule has 1 aromatic carbocycles. The molecule has 4 bridgehead atoms. The second-order valence-electron chi connectivity index (χ2n) is 10.1. The largest absolute Gasteiger partial charge is 0.491 e. The van der Waals surface area contributed by atoms with Crippen LogP contribution in [-0.2, 0) is 9.59 Å². The molecule has 0 unspecified atom stereocenters. The van der Waals surface area contributed by atoms with Crippen molar-refractivity contribution in [1.82, 2.24) is 30.4 Å². The third-order valence-electron chi connectivity index (χ3n) is 7.53. The van der Waals surface area contributed by atoms with Crippen molar-refractivity contribution in [2.45, 2.75) is 38.3 Å². The summed E-state index contributed by atoms with van der Waals surface area (Å²) in [6.07, 6.45) is 5.17. The number of carbonyl (C=O) groups excluding carboxylic acids is 3. The van der Waals surface area contributed by atoms with Crippen LogP contribution in [0.15, 0.2) is 36.7 Å². The number of aryl methyl sites for hydroxylation is 1. The van der Waals surface area contributed by atoms with Crippen LogP contribution >= 0.6 is 0 Å². The fourth-order valence-corrected chi connectivity index (χ4v) is 5.45. The molecule has 11 nitrogen and oxygen atoms in total. The van der Waals surface area contributed by atoms with Crippen molar-refractivity contribution >= 4 is 23.7 Å². The normalized spacial score (nSPS) is 23.1. The summed E-state index contributed by atoms with van der Waals surface area (Å²) in [5, 5.41) is 5.93. The highest BCUT2D eigenvalue weighted by Gasteiger charge is 2.38. The van der Waals surface area contributed by atoms with Gasteiger partial charge in [0.05, 0.1) is 13.1 Å². The fraction of sp³-hybridized carbons (Fsp3) is 0.519. The first-order valence-electron chi connectivity index (χ1n) is 13.3. The number of fused-ring (bicyclic) bond motifs is 4. The minimum Gasteiger partial charge on any atom is -0.491 e. The highest BCUT2D eigenvalue weighted by atomic mass is 16.5. The maximum absolute atomic E-state index is 13.6. The number of anilines is 1. The van der Waals surface area contributed by atoms with Crippen molar-refractivity contribution in [1.29, 1.82) is 0 Å². The van der Waals surface area contributed by atoms with Gasteiger partial charge in [-0.1, -0.05) is 6.07 Å². The molecule has 0 aliphatic carbocycles. The molecule has 202 valence electrons. The molecule has 11 heteroatoms. The van der Waals surface area contributed by atoms with Crippen LogP contribution < -0.4 is 20.3 Å². The lowest BCUT2D eigenvalue weighted by atomic mass is 10.1. The molecule has 3 aliphatic heterocycles. The van der Waals surface area contributed by atoms with Gasteiger partial charge in [0.2, 0.25) is 17.8 Å². The monoisotopic (exact) mass is 521 g/mol. The van der Waals surface area contributed by atoms with Crippen LogP contribution in [0.4, 0.5) is 5.95 Å². The Morgan fingerprint density at radius 1 is 1.05 bits per heavy atom. The summed E-state index contributed by atoms with van der Waals surface area (Å²) < 4.78 is 5.82. The molecule has 4 heterocycles. The van der Waals surface area contributed by atoms with Crippen LogP contribution in [0.5, 0.6) is 5.75 Å². The second kappa shape index (κ2) is 11.8. The van der Waals surface area contributed by atoms with Gasteiger partial charge in [0.15, 0.2) is 0 Å². The van der Waals surface area contributed by atoms with E-state index in [1.807, 2.05) is 17.9 Å². The lowest BCUT2D eigenvalue weighted by Crippen LogP contribution is -2.54. The van der Waals surface area contributed by atoms with Crippen molar-refractivity contribution in [3.8, 4) is 5.75 Å². The van der Waals surface area contributed by atoms with Gasteiger partial charge in [-0.25, -0.2) is 9.97 Å². The molecular weight excluding hydrogens is 486 g/mol. The topological polar surface area (TPSA) is 120 Å². The Morgan fingerprint density at radius 3 is 2.61 bits per heavy atom. The molecule has 2 atom stereocenters. The lowest BCUT2D eigenvalue weighted by molar-refractivity contribution is -0.136. The summed E-state index contributed by atoms with van der Waals surface area (Å²) in [6, 6.07) is 6.80. The molecule has 0 saturated carbocycles. The van der Waals surface area contributed by atoms with E-state index in [1.54, 1.807) is 30.6 Å². The molecule has 3 amide bonds. The van der Waals surface area contributed by atoms with E-state index in [2.05, 4.69) is 30.4 Å². The van der Waals surface area contributed by atoms with Crippen molar-refractivity contribution in [2.75, 3.05) is 57.3 Å². The van der Waals surface area contributed by atoms with Crippen LogP contribution in [0.2, 0.25) is 0 Å². The zero-order chi connectivity index (χ0) is 26.5. The van der Waals surface area contributed by atoms with Gasteiger partial charge in [-0.05, 0) is 43.5 Å². The summed E-state index contributed by atoms with van der Waals surface area (Å²) in [5.41, 5.74) is 1.43. The Bertz CT molecular complexity index is 1150. The number of benzene rings is 1. The maximum Gasteiger partial charge on any atom is 0.251 e. The van der Waals surface area contributed by atoms with Gasteiger partial charge in [-0.3, -0.25) is 19.3 Å². The van der Waals surface area contributed by atoms with E-state index in [1.165, 1.54) is 0 Å². The quantitative estimate of drug-likeness (QED) is 0.603. The number of ether oxygens (including phenoxy) is 1. The molecule has 0 spiro atoms. The zero-order valence-electron chi connectivity index (χ0n) is 21.8. The standard InChI is InChI=1S/C27H35N7O4/c1-19-3-4-20-15-23(19)38-14-9-28-24(35)16-21-5-6-22(17-31-26(20)37)34(21)25(36)18-32-10-12-33(13-11-32)27-29-7-2-8-30-27/h2-4,7-8,15,21-22H,5-6,9-14,16-18H2,1H3,(H,28,35)(H,31,37)/t21-,22+/m0/s1. The minimum atomic E-state index is -0.200. The van der Waals surface area contributed by atoms with Gasteiger partial charge < -0.3 is 25.2 Å². The molecule has 0 radical (unpaired) electrons. The first-order valence-corrected chi connectivity index (χ1v) is 13.3. The van der Waals surface area contributed by atoms with Crippen LogP contribution in [0.25, 0.3) is 0 Å². The first kappa shape index (κ1) is 25.9. The van der Waals surface area contributed by atoms with Gasteiger partial charge in [-0.15, -0.1) is 0 Å².